The Labute approximate surface area is 167 Å². The van der Waals surface area contributed by atoms with Crippen LogP contribution in [0.1, 0.15) is 0 Å². The molecule has 29 heavy (non-hydrogen) atoms. The summed E-state index contributed by atoms with van der Waals surface area (Å²) < 4.78 is 77.9. The van der Waals surface area contributed by atoms with E-state index in [0.717, 1.165) is 30.5 Å². The topological polar surface area (TPSA) is 32.6 Å². The highest BCUT2D eigenvalue weighted by molar-refractivity contribution is 7.97. The number of hydrogen-bond donors (Lipinski definition) is 0. The Kier molecular flexibility index (Phi) is 8.47. The minimum absolute atomic E-state index is 0.327. The van der Waals surface area contributed by atoms with Crippen LogP contribution in [0.25, 0.3) is 16.1 Å². The van der Waals surface area contributed by atoms with Crippen molar-refractivity contribution < 1.29 is 35.8 Å². The summed E-state index contributed by atoms with van der Waals surface area (Å²) in [5.41, 5.74) is 0. The van der Waals surface area contributed by atoms with Gasteiger partial charge in [-0.05, 0) is 18.2 Å². The summed E-state index contributed by atoms with van der Waals surface area (Å²) in [7, 11) is 2.06. The summed E-state index contributed by atoms with van der Waals surface area (Å²) >= 11 is 0. The molecule has 1 aliphatic heterocycles. The minimum Gasteiger partial charge on any atom is -0.648 e. The third-order valence-electron chi connectivity index (χ3n) is 3.91. The van der Waals surface area contributed by atoms with Gasteiger partial charge < -0.3 is 14.8 Å². The first-order valence-electron chi connectivity index (χ1n) is 8.68. The molecular formula is C19H21F6NO2S. The number of benzene rings is 2. The zero-order valence-corrected chi connectivity index (χ0v) is 16.5. The van der Waals surface area contributed by atoms with Crippen LogP contribution >= 0.6 is 0 Å². The fraction of sp³-hybridized carbons (Fsp3) is 0.474. The van der Waals surface area contributed by atoms with Gasteiger partial charge in [-0.3, -0.25) is 0 Å². The molecule has 0 atom stereocenters. The van der Waals surface area contributed by atoms with E-state index in [1.807, 2.05) is 0 Å². The molecule has 0 aromatic heterocycles. The summed E-state index contributed by atoms with van der Waals surface area (Å²) in [6.07, 6.45) is -9.30. The predicted molar refractivity (Wildman–Crippen MR) is 102 cm³/mol. The van der Waals surface area contributed by atoms with E-state index in [9.17, 15) is 26.3 Å². The van der Waals surface area contributed by atoms with Crippen LogP contribution in [0.3, 0.4) is 0 Å². The highest BCUT2D eigenvalue weighted by Crippen LogP contribution is 2.32. The fourth-order valence-corrected chi connectivity index (χ4v) is 4.76. The summed E-state index contributed by atoms with van der Waals surface area (Å²) in [4.78, 5) is 1.47. The molecule has 1 aliphatic rings. The van der Waals surface area contributed by atoms with E-state index in [1.165, 1.54) is 15.7 Å². The third kappa shape index (κ3) is 7.94. The maximum Gasteiger partial charge on any atom is 0.371 e. The van der Waals surface area contributed by atoms with E-state index in [0.29, 0.717) is 10.9 Å². The van der Waals surface area contributed by atoms with E-state index in [1.54, 1.807) is 7.11 Å². The van der Waals surface area contributed by atoms with Crippen molar-refractivity contribution in [3.8, 4) is 5.75 Å². The quantitative estimate of drug-likeness (QED) is 0.474. The lowest BCUT2D eigenvalue weighted by molar-refractivity contribution is -0.126. The van der Waals surface area contributed by atoms with Gasteiger partial charge in [0.25, 0.3) is 0 Å². The number of alkyl halides is 6. The third-order valence-corrected chi connectivity index (χ3v) is 6.20. The van der Waals surface area contributed by atoms with Crippen LogP contribution in [0.2, 0.25) is 0 Å². The van der Waals surface area contributed by atoms with Crippen molar-refractivity contribution in [3.05, 3.63) is 41.7 Å². The normalized spacial score (nSPS) is 15.7. The van der Waals surface area contributed by atoms with Gasteiger partial charge in [0.05, 0.1) is 20.3 Å². The molecule has 0 bridgehead atoms. The van der Waals surface area contributed by atoms with Crippen LogP contribution in [0.5, 0.6) is 5.75 Å². The van der Waals surface area contributed by atoms with Gasteiger partial charge in [0.2, 0.25) is 0 Å². The second-order valence-corrected chi connectivity index (χ2v) is 8.34. The van der Waals surface area contributed by atoms with E-state index >= 15 is 0 Å². The van der Waals surface area contributed by atoms with Crippen molar-refractivity contribution in [2.24, 2.45) is 0 Å². The smallest absolute Gasteiger partial charge is 0.371 e. The minimum atomic E-state index is -4.65. The number of rotatable bonds is 4. The Morgan fingerprint density at radius 3 is 1.97 bits per heavy atom. The van der Waals surface area contributed by atoms with Gasteiger partial charge in [0.15, 0.2) is 4.90 Å². The first-order chi connectivity index (χ1) is 13.6. The van der Waals surface area contributed by atoms with E-state index in [4.69, 9.17) is 9.47 Å². The molecule has 0 unspecified atom stereocenters. The largest absolute Gasteiger partial charge is 0.648 e. The van der Waals surface area contributed by atoms with Gasteiger partial charge >= 0.3 is 12.4 Å². The molecule has 1 heterocycles. The van der Waals surface area contributed by atoms with Gasteiger partial charge in [-0.1, -0.05) is 31.3 Å². The predicted octanol–water partition coefficient (Wildman–Crippen LogP) is 5.34. The standard InChI is InChI=1S/C15H17O2S.C4H4F6N/c1-16-14-6-7-15(18-10-8-17-9-11-18)13-5-3-2-4-12(13)14;5-3(6,7)1-11-2-4(8,9)10/h2-7H,8-11H2,1H3;1-2H2/q+1;-1. The average molecular weight is 441 g/mol. The Balaban J connectivity index is 0.000000237. The molecule has 3 nitrogen and oxygen atoms in total. The molecule has 2 aromatic rings. The number of ether oxygens (including phenoxy) is 2. The van der Waals surface area contributed by atoms with Gasteiger partial charge in [0.1, 0.15) is 17.3 Å². The second kappa shape index (κ2) is 10.4. The molecule has 1 fully saturated rings. The molecule has 162 valence electrons. The average Bonchev–Trinajstić information content (AvgIpc) is 2.66. The van der Waals surface area contributed by atoms with Crippen LogP contribution in [0.4, 0.5) is 26.3 Å². The van der Waals surface area contributed by atoms with Gasteiger partial charge in [-0.15, -0.1) is 0 Å². The van der Waals surface area contributed by atoms with Crippen molar-refractivity contribution >= 4 is 21.7 Å². The Morgan fingerprint density at radius 1 is 0.897 bits per heavy atom. The number of hydrogen-bond acceptors (Lipinski definition) is 2. The summed E-state index contributed by atoms with van der Waals surface area (Å²) in [6.45, 7) is -1.70. The molecule has 1 saturated heterocycles. The SMILES string of the molecule is COc1ccc([S+]2CCOCC2)c2ccccc12.FC(F)(F)C[N-]CC(F)(F)F. The van der Waals surface area contributed by atoms with Crippen molar-refractivity contribution in [1.82, 2.24) is 0 Å². The van der Waals surface area contributed by atoms with Crippen molar-refractivity contribution in [1.29, 1.82) is 0 Å². The highest BCUT2D eigenvalue weighted by Gasteiger charge is 2.28. The maximum atomic E-state index is 11.2. The number of nitrogens with zero attached hydrogens (tertiary/aromatic N) is 1. The van der Waals surface area contributed by atoms with E-state index in [2.05, 4.69) is 41.7 Å². The molecule has 0 spiro atoms. The fourth-order valence-electron chi connectivity index (χ4n) is 2.73. The van der Waals surface area contributed by atoms with Crippen LogP contribution in [0.15, 0.2) is 41.3 Å². The number of halogens is 6. The van der Waals surface area contributed by atoms with Crippen LogP contribution in [-0.4, -0.2) is 57.3 Å². The molecule has 0 N–H and O–H groups in total. The van der Waals surface area contributed by atoms with Crippen LogP contribution < -0.4 is 4.74 Å². The van der Waals surface area contributed by atoms with Gasteiger partial charge in [-0.2, -0.15) is 26.3 Å². The van der Waals surface area contributed by atoms with Crippen molar-refractivity contribution in [2.45, 2.75) is 17.2 Å². The molecule has 2 aromatic carbocycles. The number of methoxy groups -OCH3 is 1. The zero-order valence-electron chi connectivity index (χ0n) is 15.6. The maximum absolute atomic E-state index is 11.2. The second-order valence-electron chi connectivity index (χ2n) is 6.10. The molecule has 0 aliphatic carbocycles. The monoisotopic (exact) mass is 441 g/mol. The molecule has 10 heteroatoms. The van der Waals surface area contributed by atoms with Crippen LogP contribution in [0, 0.1) is 0 Å². The Morgan fingerprint density at radius 2 is 1.45 bits per heavy atom. The highest BCUT2D eigenvalue weighted by atomic mass is 32.2. The molecule has 0 amide bonds. The van der Waals surface area contributed by atoms with Crippen molar-refractivity contribution in [3.63, 3.8) is 0 Å². The Bertz CT molecular complexity index is 761. The summed E-state index contributed by atoms with van der Waals surface area (Å²) in [6, 6.07) is 12.9. The van der Waals surface area contributed by atoms with E-state index < -0.39 is 25.4 Å². The number of fused-ring (bicyclic) bond motifs is 1. The van der Waals surface area contributed by atoms with Gasteiger partial charge in [0, 0.05) is 21.7 Å². The zero-order chi connectivity index (χ0) is 21.5. The first kappa shape index (κ1) is 23.6. The molecular weight excluding hydrogens is 420 g/mol. The molecule has 0 radical (unpaired) electrons. The van der Waals surface area contributed by atoms with Crippen molar-refractivity contribution in [2.75, 3.05) is 44.9 Å². The van der Waals surface area contributed by atoms with Gasteiger partial charge in [-0.25, -0.2) is 0 Å². The lowest BCUT2D eigenvalue weighted by Crippen LogP contribution is -2.26. The molecule has 0 saturated carbocycles. The molecule has 3 rings (SSSR count). The lowest BCUT2D eigenvalue weighted by atomic mass is 10.1. The van der Waals surface area contributed by atoms with Crippen LogP contribution in [-0.2, 0) is 15.6 Å². The summed E-state index contributed by atoms with van der Waals surface area (Å²) in [5, 5.41) is 4.82. The Hall–Kier alpha value is -1.65. The summed E-state index contributed by atoms with van der Waals surface area (Å²) in [5.74, 6) is 3.26. The first-order valence-corrected chi connectivity index (χ1v) is 10.2. The van der Waals surface area contributed by atoms with E-state index in [-0.39, 0.29) is 0 Å². The lowest BCUT2D eigenvalue weighted by Gasteiger charge is -2.22.